The number of nitrogens with zero attached hydrogens (tertiary/aromatic N) is 3. The molecule has 0 amide bonds. The fraction of sp³-hybridized carbons (Fsp3) is 0.333. The van der Waals surface area contributed by atoms with E-state index in [0.717, 1.165) is 13.1 Å². The maximum atomic E-state index is 13.1. The van der Waals surface area contributed by atoms with Crippen molar-refractivity contribution in [2.24, 2.45) is 0 Å². The van der Waals surface area contributed by atoms with Crippen LogP contribution in [-0.2, 0) is 0 Å². The van der Waals surface area contributed by atoms with Crippen LogP contribution < -0.4 is 9.64 Å². The van der Waals surface area contributed by atoms with Gasteiger partial charge in [0.2, 0.25) is 0 Å². The van der Waals surface area contributed by atoms with Crippen molar-refractivity contribution < 1.29 is 14.1 Å². The van der Waals surface area contributed by atoms with E-state index in [-0.39, 0.29) is 11.5 Å². The Morgan fingerprint density at radius 2 is 1.92 bits per heavy atom. The monoisotopic (exact) mass is 379 g/mol. The Morgan fingerprint density at radius 1 is 1.15 bits per heavy atom. The van der Waals surface area contributed by atoms with Crippen LogP contribution in [0.3, 0.4) is 0 Å². The van der Waals surface area contributed by atoms with Gasteiger partial charge in [-0.15, -0.1) is 0 Å². The molecule has 138 valence electrons. The van der Waals surface area contributed by atoms with Crippen molar-refractivity contribution in [3.63, 3.8) is 0 Å². The lowest BCUT2D eigenvalue weighted by molar-refractivity contribution is -0.384. The molecule has 2 aromatic rings. The van der Waals surface area contributed by atoms with Crippen molar-refractivity contribution in [2.75, 3.05) is 44.2 Å². The Labute approximate surface area is 155 Å². The van der Waals surface area contributed by atoms with Gasteiger partial charge in [-0.3, -0.25) is 15.0 Å². The molecular weight excluding hydrogens is 361 g/mol. The summed E-state index contributed by atoms with van der Waals surface area (Å²) in [7, 11) is 0. The molecule has 0 N–H and O–H groups in total. The Bertz CT molecular complexity index is 782. The van der Waals surface area contributed by atoms with Gasteiger partial charge in [-0.2, -0.15) is 0 Å². The molecule has 0 radical (unpaired) electrons. The third kappa shape index (κ3) is 4.62. The molecule has 0 aliphatic carbocycles. The molecule has 3 rings (SSSR count). The zero-order chi connectivity index (χ0) is 18.5. The zero-order valence-electron chi connectivity index (χ0n) is 14.1. The van der Waals surface area contributed by atoms with E-state index in [2.05, 4.69) is 4.90 Å². The fourth-order valence-corrected chi connectivity index (χ4v) is 3.14. The number of hydrogen-bond acceptors (Lipinski definition) is 5. The van der Waals surface area contributed by atoms with Crippen LogP contribution >= 0.6 is 11.6 Å². The number of halogens is 2. The average molecular weight is 380 g/mol. The van der Waals surface area contributed by atoms with Gasteiger partial charge < -0.3 is 9.64 Å². The van der Waals surface area contributed by atoms with E-state index in [1.807, 2.05) is 4.90 Å². The van der Waals surface area contributed by atoms with E-state index in [1.54, 1.807) is 24.3 Å². The molecule has 8 heteroatoms. The second-order valence-corrected chi connectivity index (χ2v) is 6.46. The van der Waals surface area contributed by atoms with Crippen LogP contribution in [0.1, 0.15) is 0 Å². The first-order chi connectivity index (χ1) is 12.5. The first-order valence-electron chi connectivity index (χ1n) is 8.32. The molecule has 0 bridgehead atoms. The van der Waals surface area contributed by atoms with Gasteiger partial charge in [0.15, 0.2) is 0 Å². The van der Waals surface area contributed by atoms with Gasteiger partial charge in [0.1, 0.15) is 23.9 Å². The fourth-order valence-electron chi connectivity index (χ4n) is 2.97. The van der Waals surface area contributed by atoms with Gasteiger partial charge in [-0.05, 0) is 24.3 Å². The molecule has 2 aromatic carbocycles. The quantitative estimate of drug-likeness (QED) is 0.567. The van der Waals surface area contributed by atoms with E-state index in [4.69, 9.17) is 16.3 Å². The molecule has 26 heavy (non-hydrogen) atoms. The smallest absolute Gasteiger partial charge is 0.294 e. The highest BCUT2D eigenvalue weighted by molar-refractivity contribution is 6.30. The summed E-state index contributed by atoms with van der Waals surface area (Å²) in [6.45, 7) is 4.08. The SMILES string of the molecule is O=[N+]([O-])c1cc(Cl)ccc1N1CCN(CCOc2cccc(F)c2)CC1. The summed E-state index contributed by atoms with van der Waals surface area (Å²) < 4.78 is 18.7. The second-order valence-electron chi connectivity index (χ2n) is 6.02. The zero-order valence-corrected chi connectivity index (χ0v) is 14.9. The molecule has 1 fully saturated rings. The van der Waals surface area contributed by atoms with Crippen molar-refractivity contribution in [3.05, 3.63) is 63.4 Å². The highest BCUT2D eigenvalue weighted by Crippen LogP contribution is 2.31. The highest BCUT2D eigenvalue weighted by atomic mass is 35.5. The predicted molar refractivity (Wildman–Crippen MR) is 98.7 cm³/mol. The molecule has 1 heterocycles. The summed E-state index contributed by atoms with van der Waals surface area (Å²) in [6.07, 6.45) is 0. The van der Waals surface area contributed by atoms with E-state index < -0.39 is 4.92 Å². The number of rotatable bonds is 6. The number of ether oxygens (including phenoxy) is 1. The standard InChI is InChI=1S/C18H19ClFN3O3/c19-14-4-5-17(18(12-14)23(24)25)22-8-6-21(7-9-22)10-11-26-16-3-1-2-15(20)13-16/h1-5,12-13H,6-11H2. The van der Waals surface area contributed by atoms with Gasteiger partial charge in [0.25, 0.3) is 5.69 Å². The molecule has 1 aliphatic heterocycles. The molecular formula is C18H19ClFN3O3. The van der Waals surface area contributed by atoms with Crippen LogP contribution in [0.25, 0.3) is 0 Å². The number of piperazine rings is 1. The number of nitro groups is 1. The van der Waals surface area contributed by atoms with Gasteiger partial charge in [-0.1, -0.05) is 17.7 Å². The van der Waals surface area contributed by atoms with Gasteiger partial charge in [0, 0.05) is 49.9 Å². The molecule has 0 aromatic heterocycles. The topological polar surface area (TPSA) is 58.9 Å². The third-order valence-corrected chi connectivity index (χ3v) is 4.55. The van der Waals surface area contributed by atoms with Crippen molar-refractivity contribution in [3.8, 4) is 5.75 Å². The average Bonchev–Trinajstić information content (AvgIpc) is 2.62. The summed E-state index contributed by atoms with van der Waals surface area (Å²) in [5, 5.41) is 11.6. The normalized spacial score (nSPS) is 15.1. The summed E-state index contributed by atoms with van der Waals surface area (Å²) in [5.41, 5.74) is 0.621. The maximum Gasteiger partial charge on any atom is 0.294 e. The van der Waals surface area contributed by atoms with Crippen LogP contribution in [0.4, 0.5) is 15.8 Å². The van der Waals surface area contributed by atoms with Crippen LogP contribution in [-0.4, -0.2) is 49.2 Å². The number of nitro benzene ring substituents is 1. The summed E-state index contributed by atoms with van der Waals surface area (Å²) in [6, 6.07) is 10.8. The van der Waals surface area contributed by atoms with Crippen LogP contribution in [0.15, 0.2) is 42.5 Å². The van der Waals surface area contributed by atoms with Crippen LogP contribution in [0, 0.1) is 15.9 Å². The third-order valence-electron chi connectivity index (χ3n) is 4.32. The number of hydrogen-bond donors (Lipinski definition) is 0. The molecule has 1 aliphatic rings. The largest absolute Gasteiger partial charge is 0.492 e. The van der Waals surface area contributed by atoms with Crippen molar-refractivity contribution in [2.45, 2.75) is 0 Å². The summed E-state index contributed by atoms with van der Waals surface area (Å²) >= 11 is 5.87. The number of anilines is 1. The first-order valence-corrected chi connectivity index (χ1v) is 8.70. The van der Waals surface area contributed by atoms with Crippen molar-refractivity contribution in [1.82, 2.24) is 4.90 Å². The lowest BCUT2D eigenvalue weighted by atomic mass is 10.2. The molecule has 0 unspecified atom stereocenters. The van der Waals surface area contributed by atoms with E-state index in [9.17, 15) is 14.5 Å². The minimum atomic E-state index is -0.402. The van der Waals surface area contributed by atoms with E-state index in [1.165, 1.54) is 18.2 Å². The molecule has 0 atom stereocenters. The van der Waals surface area contributed by atoms with Crippen LogP contribution in [0.5, 0.6) is 5.75 Å². The Hall–Kier alpha value is -2.38. The second kappa shape index (κ2) is 8.33. The van der Waals surface area contributed by atoms with E-state index >= 15 is 0 Å². The van der Waals surface area contributed by atoms with Gasteiger partial charge >= 0.3 is 0 Å². The minimum absolute atomic E-state index is 0.0281. The number of benzene rings is 2. The Balaban J connectivity index is 1.51. The van der Waals surface area contributed by atoms with Crippen LogP contribution in [0.2, 0.25) is 5.02 Å². The van der Waals surface area contributed by atoms with E-state index in [0.29, 0.717) is 42.7 Å². The van der Waals surface area contributed by atoms with Crippen molar-refractivity contribution >= 4 is 23.0 Å². The minimum Gasteiger partial charge on any atom is -0.492 e. The highest BCUT2D eigenvalue weighted by Gasteiger charge is 2.23. The molecule has 1 saturated heterocycles. The lowest BCUT2D eigenvalue weighted by Crippen LogP contribution is -2.47. The Kier molecular flexibility index (Phi) is 5.90. The maximum absolute atomic E-state index is 13.1. The molecule has 0 saturated carbocycles. The summed E-state index contributed by atoms with van der Waals surface area (Å²) in [4.78, 5) is 15.1. The molecule has 0 spiro atoms. The van der Waals surface area contributed by atoms with Crippen molar-refractivity contribution in [1.29, 1.82) is 0 Å². The van der Waals surface area contributed by atoms with Gasteiger partial charge in [-0.25, -0.2) is 4.39 Å². The van der Waals surface area contributed by atoms with Gasteiger partial charge in [0.05, 0.1) is 4.92 Å². The molecule has 6 nitrogen and oxygen atoms in total. The first kappa shape index (κ1) is 18.4. The lowest BCUT2D eigenvalue weighted by Gasteiger charge is -2.35. The Morgan fingerprint density at radius 3 is 2.62 bits per heavy atom. The summed E-state index contributed by atoms with van der Waals surface area (Å²) in [5.74, 6) is 0.195. The predicted octanol–water partition coefficient (Wildman–Crippen LogP) is 3.59.